The minimum Gasteiger partial charge on any atom is -0.507 e. The molecule has 152 valence electrons. The second kappa shape index (κ2) is 9.27. The van der Waals surface area contributed by atoms with E-state index in [0.29, 0.717) is 37.3 Å². The summed E-state index contributed by atoms with van der Waals surface area (Å²) in [5.41, 5.74) is 3.16. The smallest absolute Gasteiger partial charge is 0.336 e. The van der Waals surface area contributed by atoms with Crippen molar-refractivity contribution in [2.24, 2.45) is 0 Å². The lowest BCUT2D eigenvalue weighted by molar-refractivity contribution is 0.0339. The second-order valence-corrected chi connectivity index (χ2v) is 6.97. The van der Waals surface area contributed by atoms with Crippen LogP contribution in [0, 0.1) is 0 Å². The fraction of sp³-hybridized carbons (Fsp3) is 0.261. The van der Waals surface area contributed by atoms with Gasteiger partial charge in [0.15, 0.2) is 0 Å². The van der Waals surface area contributed by atoms with E-state index in [1.807, 2.05) is 36.4 Å². The normalized spacial score (nSPS) is 14.5. The van der Waals surface area contributed by atoms with Gasteiger partial charge in [0.25, 0.3) is 0 Å². The number of phenolic OH excluding ortho intramolecular Hbond substituents is 1. The van der Waals surface area contributed by atoms with Gasteiger partial charge in [0.05, 0.1) is 13.2 Å². The zero-order valence-electron chi connectivity index (χ0n) is 16.1. The molecule has 3 aromatic rings. The third kappa shape index (κ3) is 4.37. The van der Waals surface area contributed by atoms with Crippen LogP contribution in [0.1, 0.15) is 11.1 Å². The summed E-state index contributed by atoms with van der Waals surface area (Å²) in [4.78, 5) is 14.5. The van der Waals surface area contributed by atoms with Gasteiger partial charge >= 0.3 is 5.63 Å². The number of allylic oxidation sites excluding steroid dienone is 1. The Kier molecular flexibility index (Phi) is 6.75. The molecule has 1 aliphatic rings. The molecule has 4 rings (SSSR count). The van der Waals surface area contributed by atoms with Crippen LogP contribution in [0.4, 0.5) is 0 Å². The molecule has 0 amide bonds. The monoisotopic (exact) mass is 413 g/mol. The third-order valence-electron chi connectivity index (χ3n) is 5.11. The van der Waals surface area contributed by atoms with Crippen molar-refractivity contribution in [2.45, 2.75) is 13.0 Å². The van der Waals surface area contributed by atoms with Gasteiger partial charge in [0.2, 0.25) is 0 Å². The number of ether oxygens (including phenoxy) is 1. The van der Waals surface area contributed by atoms with E-state index in [2.05, 4.69) is 11.5 Å². The van der Waals surface area contributed by atoms with E-state index in [9.17, 15) is 9.90 Å². The third-order valence-corrected chi connectivity index (χ3v) is 5.11. The molecule has 29 heavy (non-hydrogen) atoms. The molecular weight excluding hydrogens is 390 g/mol. The predicted molar refractivity (Wildman–Crippen MR) is 117 cm³/mol. The Labute approximate surface area is 175 Å². The van der Waals surface area contributed by atoms with Crippen LogP contribution >= 0.6 is 12.4 Å². The highest BCUT2D eigenvalue weighted by Crippen LogP contribution is 2.37. The van der Waals surface area contributed by atoms with Crippen LogP contribution in [-0.2, 0) is 17.7 Å². The van der Waals surface area contributed by atoms with Crippen molar-refractivity contribution in [3.63, 3.8) is 0 Å². The summed E-state index contributed by atoms with van der Waals surface area (Å²) in [6.45, 7) is 7.44. The lowest BCUT2D eigenvalue weighted by Gasteiger charge is -2.27. The number of hydrogen-bond donors (Lipinski definition) is 1. The second-order valence-electron chi connectivity index (χ2n) is 6.97. The van der Waals surface area contributed by atoms with E-state index < -0.39 is 5.63 Å². The Morgan fingerprint density at radius 3 is 2.55 bits per heavy atom. The molecule has 1 aliphatic heterocycles. The molecule has 6 heteroatoms. The van der Waals surface area contributed by atoms with Gasteiger partial charge in [0, 0.05) is 42.2 Å². The Balaban J connectivity index is 0.00000240. The van der Waals surface area contributed by atoms with Gasteiger partial charge < -0.3 is 14.3 Å². The molecular formula is C23H24ClNO4. The SMILES string of the molecule is C=CCc1c(O)c(CN2CCOCC2)cc2c(-c3ccccc3)cc(=O)oc12.Cl. The number of benzene rings is 2. The quantitative estimate of drug-likeness (QED) is 0.503. The first-order chi connectivity index (χ1) is 13.7. The molecule has 0 saturated carbocycles. The van der Waals surface area contributed by atoms with E-state index >= 15 is 0 Å². The Bertz CT molecular complexity index is 1060. The number of rotatable bonds is 5. The number of hydrogen-bond acceptors (Lipinski definition) is 5. The zero-order chi connectivity index (χ0) is 19.5. The minimum atomic E-state index is -0.433. The van der Waals surface area contributed by atoms with Crippen molar-refractivity contribution in [1.29, 1.82) is 0 Å². The Hall–Kier alpha value is -2.60. The number of nitrogens with zero attached hydrogens (tertiary/aromatic N) is 1. The predicted octanol–water partition coefficient (Wildman–Crippen LogP) is 4.15. The van der Waals surface area contributed by atoms with Gasteiger partial charge in [-0.25, -0.2) is 4.79 Å². The summed E-state index contributed by atoms with van der Waals surface area (Å²) < 4.78 is 11.0. The van der Waals surface area contributed by atoms with Crippen LogP contribution in [0.25, 0.3) is 22.1 Å². The number of aromatic hydroxyl groups is 1. The van der Waals surface area contributed by atoms with Crippen molar-refractivity contribution in [2.75, 3.05) is 26.3 Å². The molecule has 0 unspecified atom stereocenters. The summed E-state index contributed by atoms with van der Waals surface area (Å²) in [7, 11) is 0. The first-order valence-corrected chi connectivity index (χ1v) is 9.45. The minimum absolute atomic E-state index is 0. The largest absolute Gasteiger partial charge is 0.507 e. The molecule has 1 N–H and O–H groups in total. The summed E-state index contributed by atoms with van der Waals surface area (Å²) in [6, 6.07) is 13.2. The van der Waals surface area contributed by atoms with Crippen LogP contribution in [0.5, 0.6) is 5.75 Å². The highest BCUT2D eigenvalue weighted by molar-refractivity contribution is 5.96. The van der Waals surface area contributed by atoms with Crippen LogP contribution < -0.4 is 5.63 Å². The van der Waals surface area contributed by atoms with E-state index in [1.54, 1.807) is 6.08 Å². The highest BCUT2D eigenvalue weighted by atomic mass is 35.5. The molecule has 2 heterocycles. The van der Waals surface area contributed by atoms with Crippen molar-refractivity contribution < 1.29 is 14.3 Å². The van der Waals surface area contributed by atoms with E-state index in [4.69, 9.17) is 9.15 Å². The molecule has 0 radical (unpaired) electrons. The van der Waals surface area contributed by atoms with Crippen molar-refractivity contribution >= 4 is 23.4 Å². The van der Waals surface area contributed by atoms with Gasteiger partial charge in [-0.2, -0.15) is 0 Å². The zero-order valence-corrected chi connectivity index (χ0v) is 16.9. The van der Waals surface area contributed by atoms with Gasteiger partial charge in [-0.05, 0) is 23.6 Å². The van der Waals surface area contributed by atoms with Crippen LogP contribution in [0.15, 0.2) is 64.3 Å². The first-order valence-electron chi connectivity index (χ1n) is 9.45. The first kappa shape index (κ1) is 21.1. The van der Waals surface area contributed by atoms with E-state index in [0.717, 1.165) is 35.2 Å². The maximum atomic E-state index is 12.3. The van der Waals surface area contributed by atoms with E-state index in [-0.39, 0.29) is 18.2 Å². The average molecular weight is 414 g/mol. The van der Waals surface area contributed by atoms with Gasteiger partial charge in [-0.1, -0.05) is 36.4 Å². The summed E-state index contributed by atoms with van der Waals surface area (Å²) in [6.07, 6.45) is 2.13. The van der Waals surface area contributed by atoms with Gasteiger partial charge in [0.1, 0.15) is 11.3 Å². The Morgan fingerprint density at radius 2 is 1.86 bits per heavy atom. The maximum Gasteiger partial charge on any atom is 0.336 e. The number of morpholine rings is 1. The summed E-state index contributed by atoms with van der Waals surface area (Å²) in [5, 5.41) is 11.8. The highest BCUT2D eigenvalue weighted by Gasteiger charge is 2.20. The number of fused-ring (bicyclic) bond motifs is 1. The molecule has 0 bridgehead atoms. The van der Waals surface area contributed by atoms with Crippen molar-refractivity contribution in [1.82, 2.24) is 4.90 Å². The molecule has 0 aliphatic carbocycles. The fourth-order valence-corrected chi connectivity index (χ4v) is 3.73. The summed E-state index contributed by atoms with van der Waals surface area (Å²) in [5.74, 6) is 0.173. The van der Waals surface area contributed by atoms with Gasteiger partial charge in [-0.3, -0.25) is 4.90 Å². The van der Waals surface area contributed by atoms with Crippen molar-refractivity contribution in [3.8, 4) is 16.9 Å². The van der Waals surface area contributed by atoms with E-state index in [1.165, 1.54) is 6.07 Å². The lowest BCUT2D eigenvalue weighted by atomic mass is 9.95. The number of halogens is 1. The van der Waals surface area contributed by atoms with Crippen LogP contribution in [0.3, 0.4) is 0 Å². The van der Waals surface area contributed by atoms with Crippen molar-refractivity contribution in [3.05, 3.63) is 76.7 Å². The molecule has 1 fully saturated rings. The number of phenols is 1. The molecule has 1 saturated heterocycles. The maximum absolute atomic E-state index is 12.3. The molecule has 1 aromatic heterocycles. The molecule has 0 atom stereocenters. The molecule has 2 aromatic carbocycles. The van der Waals surface area contributed by atoms with Crippen LogP contribution in [0.2, 0.25) is 0 Å². The van der Waals surface area contributed by atoms with Crippen LogP contribution in [-0.4, -0.2) is 36.3 Å². The Morgan fingerprint density at radius 1 is 1.14 bits per heavy atom. The summed E-state index contributed by atoms with van der Waals surface area (Å²) >= 11 is 0. The average Bonchev–Trinajstić information content (AvgIpc) is 2.72. The molecule has 5 nitrogen and oxygen atoms in total. The lowest BCUT2D eigenvalue weighted by Crippen LogP contribution is -2.35. The molecule has 0 spiro atoms. The van der Waals surface area contributed by atoms with Gasteiger partial charge in [-0.15, -0.1) is 19.0 Å². The standard InChI is InChI=1S/C23H23NO4.ClH/c1-2-6-18-22(26)17(15-24-9-11-27-12-10-24)13-20-19(14-21(25)28-23(18)20)16-7-4-3-5-8-16;/h2-5,7-8,13-14,26H,1,6,9-12,15H2;1H. The fourth-order valence-electron chi connectivity index (χ4n) is 3.73. The topological polar surface area (TPSA) is 62.9 Å².